The zero-order chi connectivity index (χ0) is 17.9. The third-order valence-electron chi connectivity index (χ3n) is 4.68. The van der Waals surface area contributed by atoms with Gasteiger partial charge in [0.1, 0.15) is 5.75 Å². The number of rotatable bonds is 4. The van der Waals surface area contributed by atoms with Gasteiger partial charge in [-0.3, -0.25) is 9.89 Å². The van der Waals surface area contributed by atoms with E-state index in [0.717, 1.165) is 28.1 Å². The number of methoxy groups -OCH3 is 1. The van der Waals surface area contributed by atoms with Crippen LogP contribution in [0.4, 0.5) is 5.69 Å². The van der Waals surface area contributed by atoms with E-state index < -0.39 is 0 Å². The molecule has 3 N–H and O–H groups in total. The van der Waals surface area contributed by atoms with E-state index in [1.54, 1.807) is 13.3 Å². The number of ether oxygens (including phenoxy) is 1. The smallest absolute Gasteiger partial charge is 0.241 e. The van der Waals surface area contributed by atoms with E-state index in [1.807, 2.05) is 48.7 Å². The molecular weight excluding hydrogens is 328 g/mol. The van der Waals surface area contributed by atoms with Crippen LogP contribution in [0, 0.1) is 0 Å². The molecule has 0 bridgehead atoms. The summed E-state index contributed by atoms with van der Waals surface area (Å²) in [5.74, 6) is 0.786. The van der Waals surface area contributed by atoms with Crippen molar-refractivity contribution in [3.05, 3.63) is 66.0 Å². The van der Waals surface area contributed by atoms with Crippen LogP contribution < -0.4 is 15.4 Å². The van der Waals surface area contributed by atoms with Gasteiger partial charge in [0.2, 0.25) is 5.91 Å². The molecular formula is C20H20N4O2. The van der Waals surface area contributed by atoms with E-state index in [9.17, 15) is 4.79 Å². The number of hydrogen-bond donors (Lipinski definition) is 3. The molecule has 0 saturated heterocycles. The molecule has 0 saturated carbocycles. The molecule has 6 nitrogen and oxygen atoms in total. The highest BCUT2D eigenvalue weighted by Crippen LogP contribution is 2.24. The Kier molecular flexibility index (Phi) is 4.41. The van der Waals surface area contributed by atoms with Crippen molar-refractivity contribution in [3.8, 4) is 16.9 Å². The number of nitrogens with one attached hydrogen (secondary N) is 3. The highest BCUT2D eigenvalue weighted by atomic mass is 16.5. The van der Waals surface area contributed by atoms with Crippen LogP contribution in [-0.2, 0) is 17.8 Å². The van der Waals surface area contributed by atoms with Crippen LogP contribution in [-0.4, -0.2) is 29.3 Å². The molecule has 26 heavy (non-hydrogen) atoms. The minimum Gasteiger partial charge on any atom is -0.497 e. The summed E-state index contributed by atoms with van der Waals surface area (Å²) in [6.45, 7) is 0.677. The number of benzene rings is 2. The summed E-state index contributed by atoms with van der Waals surface area (Å²) in [5, 5.41) is 13.0. The number of H-pyrrole nitrogens is 1. The Hall–Kier alpha value is -3.12. The fourth-order valence-corrected chi connectivity index (χ4v) is 3.19. The van der Waals surface area contributed by atoms with Gasteiger partial charge in [0.15, 0.2) is 0 Å². The van der Waals surface area contributed by atoms with E-state index in [0.29, 0.717) is 13.0 Å². The van der Waals surface area contributed by atoms with Crippen molar-refractivity contribution in [2.75, 3.05) is 12.4 Å². The number of aromatic amines is 1. The summed E-state index contributed by atoms with van der Waals surface area (Å²) < 4.78 is 5.29. The minimum absolute atomic E-state index is 0.0328. The first-order valence-electron chi connectivity index (χ1n) is 8.52. The molecule has 1 aliphatic heterocycles. The van der Waals surface area contributed by atoms with Gasteiger partial charge in [-0.25, -0.2) is 0 Å². The summed E-state index contributed by atoms with van der Waals surface area (Å²) in [6, 6.07) is 13.5. The summed E-state index contributed by atoms with van der Waals surface area (Å²) in [5.41, 5.74) is 5.20. The quantitative estimate of drug-likeness (QED) is 0.677. The van der Waals surface area contributed by atoms with E-state index in [4.69, 9.17) is 4.74 Å². The topological polar surface area (TPSA) is 79.0 Å². The molecule has 2 heterocycles. The number of carbonyl (C=O) groups excluding carboxylic acids is 1. The number of nitrogens with zero attached hydrogens (tertiary/aromatic N) is 1. The maximum absolute atomic E-state index is 12.6. The van der Waals surface area contributed by atoms with Gasteiger partial charge in [-0.15, -0.1) is 0 Å². The van der Waals surface area contributed by atoms with E-state index in [2.05, 4.69) is 20.8 Å². The summed E-state index contributed by atoms with van der Waals surface area (Å²) in [4.78, 5) is 12.6. The van der Waals surface area contributed by atoms with E-state index in [1.165, 1.54) is 5.56 Å². The van der Waals surface area contributed by atoms with E-state index >= 15 is 0 Å². The average Bonchev–Trinajstić information content (AvgIpc) is 3.22. The van der Waals surface area contributed by atoms with Crippen molar-refractivity contribution in [1.82, 2.24) is 15.5 Å². The summed E-state index contributed by atoms with van der Waals surface area (Å²) >= 11 is 0. The van der Waals surface area contributed by atoms with Crippen LogP contribution in [0.15, 0.2) is 54.9 Å². The highest BCUT2D eigenvalue weighted by Gasteiger charge is 2.24. The van der Waals surface area contributed by atoms with Gasteiger partial charge >= 0.3 is 0 Å². The zero-order valence-electron chi connectivity index (χ0n) is 14.5. The Morgan fingerprint density at radius 3 is 2.73 bits per heavy atom. The predicted octanol–water partition coefficient (Wildman–Crippen LogP) is 2.74. The standard InChI is InChI=1S/C20H20N4O2/c1-26-18-7-4-14-10-21-19(9-15(14)8-18)20(25)24-17-5-2-13(3-6-17)16-11-22-23-12-16/h2-8,11-12,19,21H,9-10H2,1H3,(H,22,23)(H,24,25). The Morgan fingerprint density at radius 1 is 1.15 bits per heavy atom. The molecule has 1 amide bonds. The van der Waals surface area contributed by atoms with Crippen molar-refractivity contribution in [2.24, 2.45) is 0 Å². The first-order valence-corrected chi connectivity index (χ1v) is 8.52. The third-order valence-corrected chi connectivity index (χ3v) is 4.68. The minimum atomic E-state index is -0.261. The Bertz CT molecular complexity index is 904. The Balaban J connectivity index is 1.43. The van der Waals surface area contributed by atoms with Gasteiger partial charge < -0.3 is 15.4 Å². The Morgan fingerprint density at radius 2 is 2.00 bits per heavy atom. The largest absolute Gasteiger partial charge is 0.497 e. The highest BCUT2D eigenvalue weighted by molar-refractivity contribution is 5.95. The summed E-state index contributed by atoms with van der Waals surface area (Å²) in [7, 11) is 1.65. The third kappa shape index (κ3) is 3.32. The molecule has 6 heteroatoms. The maximum atomic E-state index is 12.6. The van der Waals surface area contributed by atoms with Crippen LogP contribution in [0.2, 0.25) is 0 Å². The molecule has 0 radical (unpaired) electrons. The number of amides is 1. The molecule has 0 aliphatic carbocycles. The van der Waals surface area contributed by atoms with Crippen molar-refractivity contribution in [2.45, 2.75) is 19.0 Å². The number of anilines is 1. The zero-order valence-corrected chi connectivity index (χ0v) is 14.5. The van der Waals surface area contributed by atoms with Crippen molar-refractivity contribution in [3.63, 3.8) is 0 Å². The van der Waals surface area contributed by atoms with Gasteiger partial charge in [0.05, 0.1) is 19.3 Å². The molecule has 0 fully saturated rings. The fourth-order valence-electron chi connectivity index (χ4n) is 3.19. The van der Waals surface area contributed by atoms with Crippen LogP contribution in [0.25, 0.3) is 11.1 Å². The van der Waals surface area contributed by atoms with E-state index in [-0.39, 0.29) is 11.9 Å². The lowest BCUT2D eigenvalue weighted by Crippen LogP contribution is -2.44. The van der Waals surface area contributed by atoms with Gasteiger partial charge in [-0.05, 0) is 47.4 Å². The van der Waals surface area contributed by atoms with Gasteiger partial charge in [0, 0.05) is 24.0 Å². The molecule has 1 aliphatic rings. The molecule has 1 atom stereocenters. The summed E-state index contributed by atoms with van der Waals surface area (Å²) in [6.07, 6.45) is 4.25. The molecule has 4 rings (SSSR count). The normalized spacial score (nSPS) is 16.0. The monoisotopic (exact) mass is 348 g/mol. The van der Waals surface area contributed by atoms with Crippen molar-refractivity contribution < 1.29 is 9.53 Å². The number of carbonyl (C=O) groups is 1. The second kappa shape index (κ2) is 7.01. The molecule has 3 aromatic rings. The molecule has 1 unspecified atom stereocenters. The fraction of sp³-hybridized carbons (Fsp3) is 0.200. The molecule has 2 aromatic carbocycles. The van der Waals surface area contributed by atoms with Gasteiger partial charge in [-0.2, -0.15) is 5.10 Å². The average molecular weight is 348 g/mol. The second-order valence-corrected chi connectivity index (χ2v) is 6.33. The lowest BCUT2D eigenvalue weighted by molar-refractivity contribution is -0.118. The predicted molar refractivity (Wildman–Crippen MR) is 100.0 cm³/mol. The van der Waals surface area contributed by atoms with Crippen LogP contribution in [0.3, 0.4) is 0 Å². The van der Waals surface area contributed by atoms with Crippen LogP contribution in [0.1, 0.15) is 11.1 Å². The van der Waals surface area contributed by atoms with Crippen LogP contribution in [0.5, 0.6) is 5.75 Å². The number of fused-ring (bicyclic) bond motifs is 1. The van der Waals surface area contributed by atoms with Gasteiger partial charge in [0.25, 0.3) is 0 Å². The first-order chi connectivity index (χ1) is 12.7. The Labute approximate surface area is 151 Å². The molecule has 132 valence electrons. The molecule has 0 spiro atoms. The SMILES string of the molecule is COc1ccc2c(c1)CC(C(=O)Nc1ccc(-c3cn[nH]c3)cc1)NC2. The van der Waals surface area contributed by atoms with Crippen LogP contribution >= 0.6 is 0 Å². The van der Waals surface area contributed by atoms with Crippen molar-refractivity contribution in [1.29, 1.82) is 0 Å². The maximum Gasteiger partial charge on any atom is 0.241 e. The lowest BCUT2D eigenvalue weighted by Gasteiger charge is -2.25. The van der Waals surface area contributed by atoms with Gasteiger partial charge in [-0.1, -0.05) is 18.2 Å². The lowest BCUT2D eigenvalue weighted by atomic mass is 9.95. The number of aromatic nitrogens is 2. The van der Waals surface area contributed by atoms with Crippen molar-refractivity contribution >= 4 is 11.6 Å². The molecule has 1 aromatic heterocycles. The second-order valence-electron chi connectivity index (χ2n) is 6.33. The first kappa shape index (κ1) is 16.4. The number of hydrogen-bond acceptors (Lipinski definition) is 4.